The molecule has 214 valence electrons. The van der Waals surface area contributed by atoms with Crippen LogP contribution in [-0.2, 0) is 25.4 Å². The molecule has 0 unspecified atom stereocenters. The average Bonchev–Trinajstić information content (AvgIpc) is 2.92. The normalized spacial score (nSPS) is 22.3. The van der Waals surface area contributed by atoms with Gasteiger partial charge in [-0.3, -0.25) is 4.79 Å². The Morgan fingerprint density at radius 3 is 2.59 bits per heavy atom. The van der Waals surface area contributed by atoms with Crippen LogP contribution in [0.4, 0.5) is 17.6 Å². The summed E-state index contributed by atoms with van der Waals surface area (Å²) in [5, 5.41) is 12.6. The van der Waals surface area contributed by atoms with Crippen LogP contribution in [0.25, 0.3) is 0 Å². The maximum absolute atomic E-state index is 13.4. The number of nitrogens with one attached hydrogen (secondary N) is 1. The molecule has 13 heteroatoms. The van der Waals surface area contributed by atoms with Crippen LogP contribution < -0.4 is 10.1 Å². The van der Waals surface area contributed by atoms with Gasteiger partial charge < -0.3 is 29.4 Å². The summed E-state index contributed by atoms with van der Waals surface area (Å²) in [6.07, 6.45) is -5.91. The zero-order chi connectivity index (χ0) is 28.6. The molecule has 0 radical (unpaired) electrons. The molecule has 0 spiro atoms. The molecule has 4 atom stereocenters. The van der Waals surface area contributed by atoms with Crippen molar-refractivity contribution in [1.82, 2.24) is 10.3 Å². The third-order valence-corrected chi connectivity index (χ3v) is 6.08. The molecule has 0 aliphatic carbocycles. The number of aromatic hydroxyl groups is 1. The molecule has 2 aromatic rings. The lowest BCUT2D eigenvalue weighted by Gasteiger charge is -2.31. The highest BCUT2D eigenvalue weighted by atomic mass is 19.4. The topological polar surface area (TPSA) is 116 Å². The largest absolute Gasteiger partial charge is 0.503 e. The minimum absolute atomic E-state index is 0.00265. The summed E-state index contributed by atoms with van der Waals surface area (Å²) in [6, 6.07) is 5.75. The molecule has 1 aliphatic rings. The zero-order valence-electron chi connectivity index (χ0n) is 21.4. The summed E-state index contributed by atoms with van der Waals surface area (Å²) in [7, 11) is 1.30. The van der Waals surface area contributed by atoms with Gasteiger partial charge in [-0.1, -0.05) is 12.1 Å². The Hall–Kier alpha value is -3.45. The summed E-state index contributed by atoms with van der Waals surface area (Å²) in [5.41, 5.74) is 0.339. The van der Waals surface area contributed by atoms with E-state index in [4.69, 9.17) is 18.9 Å². The molecule has 2 heterocycles. The number of halogens is 4. The van der Waals surface area contributed by atoms with Gasteiger partial charge in [0.15, 0.2) is 23.2 Å². The van der Waals surface area contributed by atoms with Gasteiger partial charge in [0.1, 0.15) is 11.9 Å². The molecule has 1 saturated heterocycles. The van der Waals surface area contributed by atoms with E-state index in [1.165, 1.54) is 38.4 Å². The van der Waals surface area contributed by atoms with Crippen molar-refractivity contribution in [3.63, 3.8) is 0 Å². The van der Waals surface area contributed by atoms with Gasteiger partial charge in [0, 0.05) is 31.2 Å². The molecule has 1 fully saturated rings. The molecule has 1 aromatic carbocycles. The number of amides is 1. The zero-order valence-corrected chi connectivity index (χ0v) is 21.4. The highest BCUT2D eigenvalue weighted by Crippen LogP contribution is 2.28. The lowest BCUT2D eigenvalue weighted by molar-refractivity contribution is -0.162. The van der Waals surface area contributed by atoms with Gasteiger partial charge in [-0.2, -0.15) is 13.2 Å². The van der Waals surface area contributed by atoms with Crippen molar-refractivity contribution in [2.24, 2.45) is 5.92 Å². The molecule has 1 amide bonds. The Kier molecular flexibility index (Phi) is 10.5. The van der Waals surface area contributed by atoms with E-state index in [9.17, 15) is 32.3 Å². The standard InChI is InChI=1S/C26H30F4N2O7/c1-15-23(38-11-3-9-26(28,29)30)17(12-16-4-6-18(27)7-5-16)13-37-14-19(25(35)39-15)32-24(34)21-22(33)20(36-2)8-10-31-21/h4-8,10,15,17,19,23,33H,3,9,11-14H2,1-2H3,(H,32,34)/t15-,17-,19-,23-/m0/s1. The number of cyclic esters (lactones) is 1. The molecule has 1 aliphatic heterocycles. The van der Waals surface area contributed by atoms with Gasteiger partial charge in [-0.15, -0.1) is 0 Å². The van der Waals surface area contributed by atoms with Gasteiger partial charge >= 0.3 is 12.1 Å². The van der Waals surface area contributed by atoms with Crippen molar-refractivity contribution in [2.45, 2.75) is 50.6 Å². The van der Waals surface area contributed by atoms with Crippen LogP contribution in [0.1, 0.15) is 35.8 Å². The van der Waals surface area contributed by atoms with E-state index in [1.54, 1.807) is 12.1 Å². The Balaban J connectivity index is 1.76. The fourth-order valence-corrected chi connectivity index (χ4v) is 4.17. The van der Waals surface area contributed by atoms with Crippen molar-refractivity contribution in [3.8, 4) is 11.5 Å². The Bertz CT molecular complexity index is 1110. The summed E-state index contributed by atoms with van der Waals surface area (Å²) >= 11 is 0. The summed E-state index contributed by atoms with van der Waals surface area (Å²) in [4.78, 5) is 29.5. The van der Waals surface area contributed by atoms with Crippen molar-refractivity contribution in [3.05, 3.63) is 53.6 Å². The summed E-state index contributed by atoms with van der Waals surface area (Å²) in [5.74, 6) is -3.18. The van der Waals surface area contributed by atoms with Crippen LogP contribution in [0, 0.1) is 11.7 Å². The second kappa shape index (κ2) is 13.6. The number of hydrogen-bond donors (Lipinski definition) is 2. The quantitative estimate of drug-likeness (QED) is 0.273. The first-order valence-electron chi connectivity index (χ1n) is 12.2. The number of rotatable bonds is 9. The van der Waals surface area contributed by atoms with Gasteiger partial charge in [0.25, 0.3) is 5.91 Å². The van der Waals surface area contributed by atoms with Crippen LogP contribution in [0.3, 0.4) is 0 Å². The fourth-order valence-electron chi connectivity index (χ4n) is 4.17. The minimum Gasteiger partial charge on any atom is -0.503 e. The van der Waals surface area contributed by atoms with E-state index in [1.807, 2.05) is 0 Å². The van der Waals surface area contributed by atoms with E-state index >= 15 is 0 Å². The molecule has 2 N–H and O–H groups in total. The number of benzene rings is 1. The molecule has 39 heavy (non-hydrogen) atoms. The predicted octanol–water partition coefficient (Wildman–Crippen LogP) is 3.58. The first kappa shape index (κ1) is 30.1. The van der Waals surface area contributed by atoms with E-state index in [0.29, 0.717) is 6.42 Å². The van der Waals surface area contributed by atoms with Crippen molar-refractivity contribution >= 4 is 11.9 Å². The van der Waals surface area contributed by atoms with Crippen molar-refractivity contribution < 1.29 is 51.2 Å². The maximum Gasteiger partial charge on any atom is 0.389 e. The van der Waals surface area contributed by atoms with E-state index in [0.717, 1.165) is 5.56 Å². The Labute approximate surface area is 222 Å². The summed E-state index contributed by atoms with van der Waals surface area (Å²) < 4.78 is 73.3. The summed E-state index contributed by atoms with van der Waals surface area (Å²) in [6.45, 7) is 0.983. The molecule has 3 rings (SSSR count). The Morgan fingerprint density at radius 2 is 1.92 bits per heavy atom. The fraction of sp³-hybridized carbons (Fsp3) is 0.500. The predicted molar refractivity (Wildman–Crippen MR) is 129 cm³/mol. The lowest BCUT2D eigenvalue weighted by Crippen LogP contribution is -2.46. The number of pyridine rings is 1. The molecule has 0 bridgehead atoms. The second-order valence-corrected chi connectivity index (χ2v) is 9.06. The third kappa shape index (κ3) is 8.79. The van der Waals surface area contributed by atoms with E-state index < -0.39 is 60.2 Å². The molecule has 1 aromatic heterocycles. The Morgan fingerprint density at radius 1 is 1.21 bits per heavy atom. The highest BCUT2D eigenvalue weighted by molar-refractivity contribution is 5.98. The van der Waals surface area contributed by atoms with Crippen LogP contribution in [0.5, 0.6) is 11.5 Å². The lowest BCUT2D eigenvalue weighted by atomic mass is 9.91. The van der Waals surface area contributed by atoms with Crippen LogP contribution in [-0.4, -0.2) is 73.3 Å². The second-order valence-electron chi connectivity index (χ2n) is 9.06. The van der Waals surface area contributed by atoms with Crippen LogP contribution in [0.15, 0.2) is 36.5 Å². The van der Waals surface area contributed by atoms with Crippen molar-refractivity contribution in [1.29, 1.82) is 0 Å². The minimum atomic E-state index is -4.34. The smallest absolute Gasteiger partial charge is 0.389 e. The van der Waals surface area contributed by atoms with Gasteiger partial charge in [-0.05, 0) is 37.5 Å². The van der Waals surface area contributed by atoms with E-state index in [2.05, 4.69) is 10.3 Å². The molecule has 0 saturated carbocycles. The third-order valence-electron chi connectivity index (χ3n) is 6.08. The number of alkyl halides is 3. The number of hydrogen-bond acceptors (Lipinski definition) is 8. The van der Waals surface area contributed by atoms with Gasteiger partial charge in [0.05, 0.1) is 26.4 Å². The molecule has 9 nitrogen and oxygen atoms in total. The number of esters is 1. The number of ether oxygens (including phenoxy) is 4. The first-order valence-corrected chi connectivity index (χ1v) is 12.2. The van der Waals surface area contributed by atoms with Crippen molar-refractivity contribution in [2.75, 3.05) is 26.9 Å². The number of aromatic nitrogens is 1. The number of methoxy groups -OCH3 is 1. The monoisotopic (exact) mass is 558 g/mol. The number of carbonyl (C=O) groups is 2. The SMILES string of the molecule is COc1ccnc(C(=O)N[C@H]2COC[C@H](Cc3ccc(F)cc3)[C@@H](OCCCC(F)(F)F)[C@H](C)OC2=O)c1O. The average molecular weight is 559 g/mol. The molecular weight excluding hydrogens is 528 g/mol. The molecular formula is C26H30F4N2O7. The van der Waals surface area contributed by atoms with Gasteiger partial charge in [-0.25, -0.2) is 14.2 Å². The van der Waals surface area contributed by atoms with E-state index in [-0.39, 0.29) is 37.7 Å². The number of carbonyl (C=O) groups excluding carboxylic acids is 2. The van der Waals surface area contributed by atoms with Crippen LogP contribution in [0.2, 0.25) is 0 Å². The highest BCUT2D eigenvalue weighted by Gasteiger charge is 2.36. The maximum atomic E-state index is 13.4. The first-order chi connectivity index (χ1) is 18.5. The number of nitrogens with zero attached hydrogens (tertiary/aromatic N) is 1. The van der Waals surface area contributed by atoms with Crippen LogP contribution >= 0.6 is 0 Å². The van der Waals surface area contributed by atoms with Gasteiger partial charge in [0.2, 0.25) is 0 Å².